The lowest BCUT2D eigenvalue weighted by atomic mass is 9.95. The van der Waals surface area contributed by atoms with Crippen LogP contribution in [-0.4, -0.2) is 37.6 Å². The van der Waals surface area contributed by atoms with Crippen LogP contribution in [0.3, 0.4) is 0 Å². The van der Waals surface area contributed by atoms with Gasteiger partial charge in [0.25, 0.3) is 0 Å². The SMILES string of the molecule is CCCN(CCC)CC1CCN(c2ccc(C)cc2F)CC1. The highest BCUT2D eigenvalue weighted by atomic mass is 19.1. The van der Waals surface area contributed by atoms with Gasteiger partial charge in [-0.2, -0.15) is 0 Å². The van der Waals surface area contributed by atoms with Crippen LogP contribution in [0, 0.1) is 18.7 Å². The van der Waals surface area contributed by atoms with Crippen LogP contribution in [0.4, 0.5) is 10.1 Å². The summed E-state index contributed by atoms with van der Waals surface area (Å²) in [5.74, 6) is 0.694. The molecule has 1 fully saturated rings. The van der Waals surface area contributed by atoms with E-state index in [0.717, 1.165) is 30.3 Å². The van der Waals surface area contributed by atoms with Crippen LogP contribution in [-0.2, 0) is 0 Å². The van der Waals surface area contributed by atoms with Gasteiger partial charge < -0.3 is 9.80 Å². The van der Waals surface area contributed by atoms with Crippen LogP contribution in [0.15, 0.2) is 18.2 Å². The Balaban J connectivity index is 1.87. The fraction of sp³-hybridized carbons (Fsp3) is 0.684. The van der Waals surface area contributed by atoms with Crippen molar-refractivity contribution in [2.45, 2.75) is 46.5 Å². The van der Waals surface area contributed by atoms with Crippen molar-refractivity contribution < 1.29 is 4.39 Å². The first-order valence-corrected chi connectivity index (χ1v) is 8.87. The second-order valence-electron chi connectivity index (χ2n) is 6.69. The topological polar surface area (TPSA) is 6.48 Å². The van der Waals surface area contributed by atoms with Crippen molar-refractivity contribution in [2.24, 2.45) is 5.92 Å². The Labute approximate surface area is 135 Å². The van der Waals surface area contributed by atoms with Gasteiger partial charge in [-0.05, 0) is 69.3 Å². The molecule has 0 spiro atoms. The molecule has 1 aliphatic rings. The van der Waals surface area contributed by atoms with Crippen LogP contribution >= 0.6 is 0 Å². The number of anilines is 1. The van der Waals surface area contributed by atoms with Gasteiger partial charge in [-0.1, -0.05) is 19.9 Å². The molecule has 0 aromatic heterocycles. The second kappa shape index (κ2) is 8.52. The van der Waals surface area contributed by atoms with E-state index < -0.39 is 0 Å². The summed E-state index contributed by atoms with van der Waals surface area (Å²) in [6, 6.07) is 5.59. The summed E-state index contributed by atoms with van der Waals surface area (Å²) >= 11 is 0. The predicted octanol–water partition coefficient (Wildman–Crippen LogP) is 4.47. The third-order valence-electron chi connectivity index (χ3n) is 4.65. The Hall–Kier alpha value is -1.09. The van der Waals surface area contributed by atoms with E-state index >= 15 is 0 Å². The highest BCUT2D eigenvalue weighted by Gasteiger charge is 2.22. The molecule has 2 rings (SSSR count). The molecular formula is C19H31FN2. The molecule has 1 aromatic rings. The standard InChI is InChI=1S/C19H31FN2/c1-4-10-21(11-5-2)15-17-8-12-22(13-9-17)19-7-6-16(3)14-18(19)20/h6-7,14,17H,4-5,8-13,15H2,1-3H3. The maximum Gasteiger partial charge on any atom is 0.146 e. The molecule has 0 amide bonds. The number of piperidine rings is 1. The van der Waals surface area contributed by atoms with Crippen molar-refractivity contribution in [2.75, 3.05) is 37.6 Å². The molecule has 0 atom stereocenters. The molecule has 0 saturated carbocycles. The van der Waals surface area contributed by atoms with Crippen molar-refractivity contribution in [3.63, 3.8) is 0 Å². The Morgan fingerprint density at radius 2 is 1.77 bits per heavy atom. The number of hydrogen-bond acceptors (Lipinski definition) is 2. The third-order valence-corrected chi connectivity index (χ3v) is 4.65. The minimum atomic E-state index is -0.0722. The maximum absolute atomic E-state index is 14.1. The maximum atomic E-state index is 14.1. The van der Waals surface area contributed by atoms with E-state index in [-0.39, 0.29) is 5.82 Å². The number of benzene rings is 1. The lowest BCUT2D eigenvalue weighted by Gasteiger charge is -2.36. The van der Waals surface area contributed by atoms with Gasteiger partial charge in [-0.15, -0.1) is 0 Å². The van der Waals surface area contributed by atoms with E-state index in [2.05, 4.69) is 23.6 Å². The highest BCUT2D eigenvalue weighted by Crippen LogP contribution is 2.26. The van der Waals surface area contributed by atoms with Crippen LogP contribution in [0.2, 0.25) is 0 Å². The molecule has 1 saturated heterocycles. The van der Waals surface area contributed by atoms with Gasteiger partial charge >= 0.3 is 0 Å². The largest absolute Gasteiger partial charge is 0.369 e. The summed E-state index contributed by atoms with van der Waals surface area (Å²) in [6.45, 7) is 12.0. The first-order valence-electron chi connectivity index (χ1n) is 8.87. The number of nitrogens with zero attached hydrogens (tertiary/aromatic N) is 2. The summed E-state index contributed by atoms with van der Waals surface area (Å²) in [6.07, 6.45) is 4.81. The summed E-state index contributed by atoms with van der Waals surface area (Å²) in [4.78, 5) is 4.82. The van der Waals surface area contributed by atoms with Gasteiger partial charge in [0.05, 0.1) is 5.69 Å². The van der Waals surface area contributed by atoms with E-state index in [1.165, 1.54) is 45.3 Å². The minimum Gasteiger partial charge on any atom is -0.369 e. The van der Waals surface area contributed by atoms with Gasteiger partial charge in [0.15, 0.2) is 0 Å². The zero-order chi connectivity index (χ0) is 15.9. The van der Waals surface area contributed by atoms with Crippen LogP contribution in [0.25, 0.3) is 0 Å². The molecule has 1 aromatic carbocycles. The number of halogens is 1. The van der Waals surface area contributed by atoms with Gasteiger partial charge in [-0.3, -0.25) is 0 Å². The van der Waals surface area contributed by atoms with Crippen LogP contribution in [0.1, 0.15) is 45.1 Å². The number of rotatable bonds is 7. The van der Waals surface area contributed by atoms with E-state index in [0.29, 0.717) is 0 Å². The molecule has 1 heterocycles. The fourth-order valence-corrected chi connectivity index (χ4v) is 3.52. The zero-order valence-electron chi connectivity index (χ0n) is 14.4. The molecule has 3 heteroatoms. The summed E-state index contributed by atoms with van der Waals surface area (Å²) < 4.78 is 14.1. The quantitative estimate of drug-likeness (QED) is 0.733. The van der Waals surface area contributed by atoms with E-state index in [1.54, 1.807) is 6.07 Å². The van der Waals surface area contributed by atoms with Crippen LogP contribution in [0.5, 0.6) is 0 Å². The summed E-state index contributed by atoms with van der Waals surface area (Å²) in [5.41, 5.74) is 1.77. The Morgan fingerprint density at radius 3 is 2.32 bits per heavy atom. The Kier molecular flexibility index (Phi) is 6.69. The van der Waals surface area contributed by atoms with Gasteiger partial charge in [-0.25, -0.2) is 4.39 Å². The van der Waals surface area contributed by atoms with Crippen molar-refractivity contribution in [1.29, 1.82) is 0 Å². The predicted molar refractivity (Wildman–Crippen MR) is 93.1 cm³/mol. The van der Waals surface area contributed by atoms with Gasteiger partial charge in [0.1, 0.15) is 5.82 Å². The number of hydrogen-bond donors (Lipinski definition) is 0. The van der Waals surface area contributed by atoms with Crippen LogP contribution < -0.4 is 4.90 Å². The minimum absolute atomic E-state index is 0.0722. The molecule has 0 N–H and O–H groups in total. The van der Waals surface area contributed by atoms with E-state index in [4.69, 9.17) is 0 Å². The molecule has 0 unspecified atom stereocenters. The first-order chi connectivity index (χ1) is 10.6. The highest BCUT2D eigenvalue weighted by molar-refractivity contribution is 5.49. The smallest absolute Gasteiger partial charge is 0.146 e. The Morgan fingerprint density at radius 1 is 1.14 bits per heavy atom. The molecule has 124 valence electrons. The summed E-state index contributed by atoms with van der Waals surface area (Å²) in [7, 11) is 0. The van der Waals surface area contributed by atoms with Crippen molar-refractivity contribution in [1.82, 2.24) is 4.90 Å². The third kappa shape index (κ3) is 4.70. The molecule has 22 heavy (non-hydrogen) atoms. The average Bonchev–Trinajstić information content (AvgIpc) is 2.49. The molecule has 2 nitrogen and oxygen atoms in total. The molecule has 0 bridgehead atoms. The summed E-state index contributed by atoms with van der Waals surface area (Å²) in [5, 5.41) is 0. The van der Waals surface area contributed by atoms with Crippen molar-refractivity contribution in [3.05, 3.63) is 29.6 Å². The van der Waals surface area contributed by atoms with Gasteiger partial charge in [0.2, 0.25) is 0 Å². The molecule has 1 aliphatic heterocycles. The lowest BCUT2D eigenvalue weighted by Crippen LogP contribution is -2.39. The van der Waals surface area contributed by atoms with Crippen molar-refractivity contribution >= 4 is 5.69 Å². The molecule has 0 radical (unpaired) electrons. The monoisotopic (exact) mass is 306 g/mol. The normalized spacial score (nSPS) is 16.5. The lowest BCUT2D eigenvalue weighted by molar-refractivity contribution is 0.211. The van der Waals surface area contributed by atoms with E-state index in [1.807, 2.05) is 19.1 Å². The first kappa shape index (κ1) is 17.3. The van der Waals surface area contributed by atoms with Gasteiger partial charge in [0, 0.05) is 19.6 Å². The second-order valence-corrected chi connectivity index (χ2v) is 6.69. The molecular weight excluding hydrogens is 275 g/mol. The Bertz CT molecular complexity index is 447. The fourth-order valence-electron chi connectivity index (χ4n) is 3.52. The average molecular weight is 306 g/mol. The molecule has 0 aliphatic carbocycles. The van der Waals surface area contributed by atoms with E-state index in [9.17, 15) is 4.39 Å². The van der Waals surface area contributed by atoms with Crippen molar-refractivity contribution in [3.8, 4) is 0 Å². The number of aryl methyl sites for hydroxylation is 1. The zero-order valence-corrected chi connectivity index (χ0v) is 14.4.